The molecular formula is C24H33N3O2S. The summed E-state index contributed by atoms with van der Waals surface area (Å²) in [5.74, 6) is 2.60. The first-order chi connectivity index (χ1) is 14.5. The Balaban J connectivity index is 1.55. The number of anilines is 1. The minimum absolute atomic E-state index is 0.0629. The smallest absolute Gasteiger partial charge is 0.228 e. The molecule has 1 aliphatic heterocycles. The third-order valence-electron chi connectivity index (χ3n) is 6.68. The van der Waals surface area contributed by atoms with Crippen LogP contribution in [0.25, 0.3) is 5.69 Å². The van der Waals surface area contributed by atoms with Crippen LogP contribution in [0.15, 0.2) is 18.2 Å². The van der Waals surface area contributed by atoms with Crippen molar-refractivity contribution < 1.29 is 9.00 Å². The van der Waals surface area contributed by atoms with Gasteiger partial charge >= 0.3 is 0 Å². The van der Waals surface area contributed by atoms with Gasteiger partial charge in [0.25, 0.3) is 0 Å². The molecule has 2 aromatic rings. The lowest BCUT2D eigenvalue weighted by atomic mass is 9.79. The number of amides is 1. The van der Waals surface area contributed by atoms with Crippen molar-refractivity contribution in [2.24, 2.45) is 11.8 Å². The molecule has 6 heteroatoms. The molecule has 30 heavy (non-hydrogen) atoms. The number of rotatable bonds is 6. The number of unbranched alkanes of at least 4 members (excludes halogenated alkanes) is 1. The van der Waals surface area contributed by atoms with Crippen LogP contribution >= 0.6 is 0 Å². The van der Waals surface area contributed by atoms with Gasteiger partial charge in [-0.25, -0.2) is 4.68 Å². The number of nitrogens with one attached hydrogen (secondary N) is 1. The number of fused-ring (bicyclic) bond motifs is 1. The Bertz CT molecular complexity index is 958. The van der Waals surface area contributed by atoms with Crippen molar-refractivity contribution in [1.29, 1.82) is 0 Å². The first-order valence-electron chi connectivity index (χ1n) is 11.3. The van der Waals surface area contributed by atoms with Crippen LogP contribution in [0.5, 0.6) is 0 Å². The highest BCUT2D eigenvalue weighted by Gasteiger charge is 2.31. The van der Waals surface area contributed by atoms with E-state index in [0.717, 1.165) is 59.9 Å². The summed E-state index contributed by atoms with van der Waals surface area (Å²) in [4.78, 5) is 13.2. The lowest BCUT2D eigenvalue weighted by molar-refractivity contribution is -0.121. The molecular weight excluding hydrogens is 394 g/mol. The van der Waals surface area contributed by atoms with E-state index in [4.69, 9.17) is 5.10 Å². The van der Waals surface area contributed by atoms with E-state index >= 15 is 0 Å². The molecule has 1 fully saturated rings. The van der Waals surface area contributed by atoms with Gasteiger partial charge in [-0.05, 0) is 57.1 Å². The standard InChI is InChI=1S/C24H33N3O2S/c1-4-5-6-18-8-10-19(11-9-18)24(28)25-23-20-14-30(29)15-21(20)26-27(23)22-12-7-16(2)13-17(22)3/h7,12-13,18-19H,4-6,8-11,14-15H2,1-3H3,(H,25,28). The lowest BCUT2D eigenvalue weighted by Crippen LogP contribution is -2.28. The minimum atomic E-state index is -0.927. The number of aromatic nitrogens is 2. The Morgan fingerprint density at radius 1 is 1.20 bits per heavy atom. The summed E-state index contributed by atoms with van der Waals surface area (Å²) in [5, 5.41) is 7.96. The van der Waals surface area contributed by atoms with Gasteiger partial charge in [0.05, 0.1) is 22.9 Å². The Kier molecular flexibility index (Phi) is 6.42. The maximum atomic E-state index is 13.2. The summed E-state index contributed by atoms with van der Waals surface area (Å²) in [6, 6.07) is 6.25. The summed E-state index contributed by atoms with van der Waals surface area (Å²) >= 11 is 0. The fourth-order valence-electron chi connectivity index (χ4n) is 4.90. The number of benzene rings is 1. The van der Waals surface area contributed by atoms with E-state index in [1.165, 1.54) is 24.8 Å². The summed E-state index contributed by atoms with van der Waals surface area (Å²) < 4.78 is 14.0. The third-order valence-corrected chi connectivity index (χ3v) is 7.88. The predicted molar refractivity (Wildman–Crippen MR) is 122 cm³/mol. The van der Waals surface area contributed by atoms with E-state index < -0.39 is 10.8 Å². The second kappa shape index (κ2) is 9.04. The zero-order valence-electron chi connectivity index (χ0n) is 18.4. The van der Waals surface area contributed by atoms with Crippen molar-refractivity contribution in [3.8, 4) is 5.69 Å². The molecule has 2 aliphatic rings. The quantitative estimate of drug-likeness (QED) is 0.690. The molecule has 1 aliphatic carbocycles. The van der Waals surface area contributed by atoms with Gasteiger partial charge in [-0.1, -0.05) is 43.9 Å². The van der Waals surface area contributed by atoms with Gasteiger partial charge in [0.2, 0.25) is 5.91 Å². The molecule has 2 heterocycles. The van der Waals surface area contributed by atoms with Crippen LogP contribution in [0.3, 0.4) is 0 Å². The molecule has 1 saturated carbocycles. The molecule has 0 spiro atoms. The SMILES string of the molecule is CCCCC1CCC(C(=O)Nc2c3c(nn2-c2ccc(C)cc2C)CS(=O)C3)CC1. The van der Waals surface area contributed by atoms with Crippen LogP contribution in [-0.4, -0.2) is 19.9 Å². The van der Waals surface area contributed by atoms with Crippen molar-refractivity contribution in [3.63, 3.8) is 0 Å². The van der Waals surface area contributed by atoms with Crippen molar-refractivity contribution in [3.05, 3.63) is 40.6 Å². The van der Waals surface area contributed by atoms with Gasteiger partial charge in [-0.2, -0.15) is 5.10 Å². The van der Waals surface area contributed by atoms with Crippen LogP contribution in [0.2, 0.25) is 0 Å². The summed E-state index contributed by atoms with van der Waals surface area (Å²) in [7, 11) is -0.927. The van der Waals surface area contributed by atoms with Gasteiger partial charge in [0.15, 0.2) is 0 Å². The van der Waals surface area contributed by atoms with E-state index in [9.17, 15) is 9.00 Å². The Morgan fingerprint density at radius 3 is 2.67 bits per heavy atom. The van der Waals surface area contributed by atoms with E-state index in [1.807, 2.05) is 4.68 Å². The molecule has 162 valence electrons. The van der Waals surface area contributed by atoms with Gasteiger partial charge in [0, 0.05) is 22.3 Å². The molecule has 1 atom stereocenters. The number of carbonyl (C=O) groups is 1. The van der Waals surface area contributed by atoms with Crippen molar-refractivity contribution in [2.75, 3.05) is 5.32 Å². The van der Waals surface area contributed by atoms with Gasteiger partial charge in [-0.15, -0.1) is 0 Å². The molecule has 1 amide bonds. The zero-order valence-corrected chi connectivity index (χ0v) is 19.2. The maximum absolute atomic E-state index is 13.2. The molecule has 4 rings (SSSR count). The molecule has 0 radical (unpaired) electrons. The molecule has 5 nitrogen and oxygen atoms in total. The first kappa shape index (κ1) is 21.3. The second-order valence-corrected chi connectivity index (χ2v) is 10.5. The number of carbonyl (C=O) groups excluding carboxylic acids is 1. The van der Waals surface area contributed by atoms with Gasteiger partial charge in [-0.3, -0.25) is 9.00 Å². The fourth-order valence-corrected chi connectivity index (χ4v) is 6.16. The van der Waals surface area contributed by atoms with E-state index in [2.05, 4.69) is 44.3 Å². The number of nitrogens with zero attached hydrogens (tertiary/aromatic N) is 2. The van der Waals surface area contributed by atoms with Crippen LogP contribution in [0.4, 0.5) is 5.82 Å². The largest absolute Gasteiger partial charge is 0.310 e. The van der Waals surface area contributed by atoms with E-state index in [-0.39, 0.29) is 11.8 Å². The van der Waals surface area contributed by atoms with Crippen LogP contribution in [0.1, 0.15) is 74.3 Å². The molecule has 0 bridgehead atoms. The first-order valence-corrected chi connectivity index (χ1v) is 12.8. The maximum Gasteiger partial charge on any atom is 0.228 e. The lowest BCUT2D eigenvalue weighted by Gasteiger charge is -2.28. The highest BCUT2D eigenvalue weighted by atomic mass is 32.2. The normalized spacial score (nSPS) is 23.4. The van der Waals surface area contributed by atoms with E-state index in [1.54, 1.807) is 0 Å². The number of aryl methyl sites for hydroxylation is 2. The van der Waals surface area contributed by atoms with Crippen LogP contribution in [0, 0.1) is 25.7 Å². The monoisotopic (exact) mass is 427 g/mol. The van der Waals surface area contributed by atoms with Gasteiger partial charge < -0.3 is 5.32 Å². The topological polar surface area (TPSA) is 64.0 Å². The molecule has 1 N–H and O–H groups in total. The van der Waals surface area contributed by atoms with Crippen LogP contribution < -0.4 is 5.32 Å². The second-order valence-electron chi connectivity index (χ2n) is 9.05. The third kappa shape index (κ3) is 4.39. The minimum Gasteiger partial charge on any atom is -0.310 e. The highest BCUT2D eigenvalue weighted by molar-refractivity contribution is 7.83. The summed E-state index contributed by atoms with van der Waals surface area (Å²) in [6.45, 7) is 6.38. The average molecular weight is 428 g/mol. The van der Waals surface area contributed by atoms with Crippen molar-refractivity contribution >= 4 is 22.5 Å². The van der Waals surface area contributed by atoms with Crippen LogP contribution in [-0.2, 0) is 27.1 Å². The molecule has 0 saturated heterocycles. The highest BCUT2D eigenvalue weighted by Crippen LogP contribution is 2.35. The van der Waals surface area contributed by atoms with Crippen molar-refractivity contribution in [1.82, 2.24) is 9.78 Å². The Labute approximate surface area is 182 Å². The Morgan fingerprint density at radius 2 is 1.97 bits per heavy atom. The van der Waals surface area contributed by atoms with Crippen molar-refractivity contribution in [2.45, 2.75) is 77.2 Å². The average Bonchev–Trinajstić information content (AvgIpc) is 3.23. The van der Waals surface area contributed by atoms with E-state index in [0.29, 0.717) is 11.5 Å². The predicted octanol–water partition coefficient (Wildman–Crippen LogP) is 5.19. The molecule has 1 aromatic heterocycles. The Hall–Kier alpha value is -1.95. The molecule has 1 aromatic carbocycles. The fraction of sp³-hybridized carbons (Fsp3) is 0.583. The summed E-state index contributed by atoms with van der Waals surface area (Å²) in [5.41, 5.74) is 5.08. The number of hydrogen-bond donors (Lipinski definition) is 1. The van der Waals surface area contributed by atoms with Gasteiger partial charge in [0.1, 0.15) is 5.82 Å². The zero-order chi connectivity index (χ0) is 21.3. The molecule has 1 unspecified atom stereocenters. The summed E-state index contributed by atoms with van der Waals surface area (Å²) in [6.07, 6.45) is 8.06. The number of hydrogen-bond acceptors (Lipinski definition) is 3.